The van der Waals surface area contributed by atoms with Gasteiger partial charge in [0.2, 0.25) is 0 Å². The van der Waals surface area contributed by atoms with Gasteiger partial charge in [-0.1, -0.05) is 23.2 Å². The van der Waals surface area contributed by atoms with E-state index in [4.69, 9.17) is 33.4 Å². The lowest BCUT2D eigenvalue weighted by atomic mass is 10.2. The summed E-state index contributed by atoms with van der Waals surface area (Å²) in [5, 5.41) is 18.6. The number of aromatic nitrogens is 1. The van der Waals surface area contributed by atoms with Gasteiger partial charge >= 0.3 is 0 Å². The quantitative estimate of drug-likeness (QED) is 0.758. The van der Waals surface area contributed by atoms with Crippen LogP contribution in [0.3, 0.4) is 0 Å². The fourth-order valence-corrected chi connectivity index (χ4v) is 1.77. The largest absolute Gasteiger partial charge is 0.395 e. The van der Waals surface area contributed by atoms with E-state index < -0.39 is 0 Å². The monoisotopic (exact) mass is 264 g/mol. The van der Waals surface area contributed by atoms with Gasteiger partial charge in [-0.15, -0.1) is 0 Å². The van der Waals surface area contributed by atoms with Gasteiger partial charge in [0.25, 0.3) is 0 Å². The van der Waals surface area contributed by atoms with Crippen LogP contribution in [0.5, 0.6) is 0 Å². The predicted molar refractivity (Wildman–Crippen MR) is 63.7 cm³/mol. The number of aliphatic hydroxyl groups excluding tert-OH is 2. The smallest absolute Gasteiger partial charge is 0.130 e. The van der Waals surface area contributed by atoms with E-state index in [2.05, 4.69) is 4.98 Å². The molecule has 0 aliphatic rings. The summed E-state index contributed by atoms with van der Waals surface area (Å²) >= 11 is 11.7. The van der Waals surface area contributed by atoms with Crippen molar-refractivity contribution >= 4 is 23.2 Å². The molecule has 0 atom stereocenters. The van der Waals surface area contributed by atoms with Crippen LogP contribution >= 0.6 is 23.2 Å². The van der Waals surface area contributed by atoms with Crippen molar-refractivity contribution in [1.82, 2.24) is 9.88 Å². The highest BCUT2D eigenvalue weighted by Gasteiger charge is 2.08. The van der Waals surface area contributed by atoms with Crippen molar-refractivity contribution < 1.29 is 10.2 Å². The van der Waals surface area contributed by atoms with Gasteiger partial charge in [-0.25, -0.2) is 4.98 Å². The molecular formula is C10H14Cl2N2O2. The minimum absolute atomic E-state index is 0.0403. The molecule has 0 aromatic carbocycles. The maximum Gasteiger partial charge on any atom is 0.130 e. The SMILES string of the molecule is OCCN(CCO)Cc1cnc(Cl)cc1Cl. The third-order valence-electron chi connectivity index (χ3n) is 2.12. The molecule has 0 amide bonds. The second kappa shape index (κ2) is 7.04. The summed E-state index contributed by atoms with van der Waals surface area (Å²) in [5.41, 5.74) is 0.827. The van der Waals surface area contributed by atoms with Gasteiger partial charge in [-0.05, 0) is 6.07 Å². The molecule has 90 valence electrons. The van der Waals surface area contributed by atoms with Crippen molar-refractivity contribution in [3.63, 3.8) is 0 Å². The van der Waals surface area contributed by atoms with E-state index in [9.17, 15) is 0 Å². The number of nitrogens with zero attached hydrogens (tertiary/aromatic N) is 2. The first-order valence-corrected chi connectivity index (χ1v) is 5.67. The molecule has 0 fully saturated rings. The molecule has 4 nitrogen and oxygen atoms in total. The molecule has 0 saturated heterocycles. The van der Waals surface area contributed by atoms with Crippen LogP contribution in [0.25, 0.3) is 0 Å². The number of halogens is 2. The summed E-state index contributed by atoms with van der Waals surface area (Å²) < 4.78 is 0. The maximum absolute atomic E-state index is 8.86. The van der Waals surface area contributed by atoms with Crippen LogP contribution in [0, 0.1) is 0 Å². The first-order valence-electron chi connectivity index (χ1n) is 4.91. The van der Waals surface area contributed by atoms with Crippen molar-refractivity contribution in [2.75, 3.05) is 26.3 Å². The third kappa shape index (κ3) is 4.23. The summed E-state index contributed by atoms with van der Waals surface area (Å²) in [4.78, 5) is 5.83. The normalized spacial score (nSPS) is 11.1. The van der Waals surface area contributed by atoms with Gasteiger partial charge in [-0.2, -0.15) is 0 Å². The zero-order valence-electron chi connectivity index (χ0n) is 8.74. The Morgan fingerprint density at radius 2 is 1.81 bits per heavy atom. The molecule has 0 aliphatic heterocycles. The molecule has 6 heteroatoms. The van der Waals surface area contributed by atoms with Gasteiger partial charge < -0.3 is 10.2 Å². The number of rotatable bonds is 6. The Morgan fingerprint density at radius 1 is 1.19 bits per heavy atom. The Kier molecular flexibility index (Phi) is 6.01. The molecule has 2 N–H and O–H groups in total. The van der Waals surface area contributed by atoms with Gasteiger partial charge in [0.05, 0.1) is 13.2 Å². The van der Waals surface area contributed by atoms with E-state index >= 15 is 0 Å². The van der Waals surface area contributed by atoms with Crippen LogP contribution in [0.4, 0.5) is 0 Å². The van der Waals surface area contributed by atoms with Crippen molar-refractivity contribution in [3.8, 4) is 0 Å². The molecule has 0 spiro atoms. The third-order valence-corrected chi connectivity index (χ3v) is 2.68. The Hall–Kier alpha value is -0.390. The fourth-order valence-electron chi connectivity index (χ4n) is 1.35. The minimum atomic E-state index is 0.0403. The van der Waals surface area contributed by atoms with Crippen molar-refractivity contribution in [1.29, 1.82) is 0 Å². The van der Waals surface area contributed by atoms with Crippen LogP contribution < -0.4 is 0 Å². The Bertz CT molecular complexity index is 331. The van der Waals surface area contributed by atoms with Gasteiger partial charge in [0.1, 0.15) is 5.15 Å². The molecule has 0 saturated carbocycles. The zero-order valence-corrected chi connectivity index (χ0v) is 10.2. The van der Waals surface area contributed by atoms with Gasteiger partial charge in [0.15, 0.2) is 0 Å². The average Bonchev–Trinajstić information content (AvgIpc) is 2.23. The van der Waals surface area contributed by atoms with Crippen molar-refractivity contribution in [3.05, 3.63) is 28.0 Å². The molecule has 0 radical (unpaired) electrons. The highest BCUT2D eigenvalue weighted by Crippen LogP contribution is 2.19. The Labute approximate surface area is 104 Å². The topological polar surface area (TPSA) is 56.6 Å². The molecule has 16 heavy (non-hydrogen) atoms. The standard InChI is InChI=1S/C10H14Cl2N2O2/c11-9-5-10(12)13-6-8(9)7-14(1-3-15)2-4-16/h5-6,15-16H,1-4,7H2. The lowest BCUT2D eigenvalue weighted by molar-refractivity contribution is 0.156. The highest BCUT2D eigenvalue weighted by molar-refractivity contribution is 6.34. The number of aliphatic hydroxyl groups is 2. The summed E-state index contributed by atoms with van der Waals surface area (Å²) in [6.45, 7) is 1.58. The molecule has 1 heterocycles. The molecule has 1 rings (SSSR count). The second-order valence-electron chi connectivity index (χ2n) is 3.32. The van der Waals surface area contributed by atoms with Gasteiger partial charge in [-0.3, -0.25) is 4.90 Å². The van der Waals surface area contributed by atoms with Crippen molar-refractivity contribution in [2.45, 2.75) is 6.54 Å². The van der Waals surface area contributed by atoms with Crippen LogP contribution in [0.2, 0.25) is 10.2 Å². The highest BCUT2D eigenvalue weighted by atomic mass is 35.5. The van der Waals surface area contributed by atoms with Crippen LogP contribution in [0.15, 0.2) is 12.3 Å². The maximum atomic E-state index is 8.86. The van der Waals surface area contributed by atoms with Crippen molar-refractivity contribution in [2.24, 2.45) is 0 Å². The second-order valence-corrected chi connectivity index (χ2v) is 4.12. The summed E-state index contributed by atoms with van der Waals surface area (Å²) in [6, 6.07) is 1.58. The van der Waals surface area contributed by atoms with Crippen LogP contribution in [-0.2, 0) is 6.54 Å². The minimum Gasteiger partial charge on any atom is -0.395 e. The van der Waals surface area contributed by atoms with E-state index in [1.165, 1.54) is 0 Å². The number of pyridine rings is 1. The number of hydrogen-bond acceptors (Lipinski definition) is 4. The van der Waals surface area contributed by atoms with E-state index in [0.29, 0.717) is 29.8 Å². The molecule has 0 aliphatic carbocycles. The Balaban J connectivity index is 2.68. The predicted octanol–water partition coefficient (Wildman–Crippen LogP) is 1.17. The number of hydrogen-bond donors (Lipinski definition) is 2. The molecular weight excluding hydrogens is 251 g/mol. The Morgan fingerprint density at radius 3 is 2.31 bits per heavy atom. The lowest BCUT2D eigenvalue weighted by Gasteiger charge is -2.20. The lowest BCUT2D eigenvalue weighted by Crippen LogP contribution is -2.29. The summed E-state index contributed by atoms with van der Waals surface area (Å²) in [5.74, 6) is 0. The van der Waals surface area contributed by atoms with E-state index in [-0.39, 0.29) is 13.2 Å². The average molecular weight is 265 g/mol. The molecule has 0 unspecified atom stereocenters. The first kappa shape index (κ1) is 13.7. The first-order chi connectivity index (χ1) is 7.67. The van der Waals surface area contributed by atoms with Crippen LogP contribution in [0.1, 0.15) is 5.56 Å². The fraction of sp³-hybridized carbons (Fsp3) is 0.500. The zero-order chi connectivity index (χ0) is 12.0. The van der Waals surface area contributed by atoms with Crippen LogP contribution in [-0.4, -0.2) is 46.4 Å². The molecule has 1 aromatic heterocycles. The molecule has 1 aromatic rings. The van der Waals surface area contributed by atoms with E-state index in [1.807, 2.05) is 4.90 Å². The summed E-state index contributed by atoms with van der Waals surface area (Å²) in [6.07, 6.45) is 1.60. The summed E-state index contributed by atoms with van der Waals surface area (Å²) in [7, 11) is 0. The van der Waals surface area contributed by atoms with E-state index in [1.54, 1.807) is 12.3 Å². The molecule has 0 bridgehead atoms. The van der Waals surface area contributed by atoms with Gasteiger partial charge in [0, 0.05) is 36.4 Å². The van der Waals surface area contributed by atoms with E-state index in [0.717, 1.165) is 5.56 Å².